The van der Waals surface area contributed by atoms with Crippen LogP contribution >= 0.6 is 11.3 Å². The average Bonchev–Trinajstić information content (AvgIpc) is 3.31. The molecule has 0 spiro atoms. The van der Waals surface area contributed by atoms with Gasteiger partial charge in [0.25, 0.3) is 5.91 Å². The van der Waals surface area contributed by atoms with Crippen LogP contribution in [0, 0.1) is 6.92 Å². The third-order valence-electron chi connectivity index (χ3n) is 5.37. The summed E-state index contributed by atoms with van der Waals surface area (Å²) < 4.78 is 16.4. The van der Waals surface area contributed by atoms with E-state index in [2.05, 4.69) is 22.2 Å². The van der Waals surface area contributed by atoms with Gasteiger partial charge in [0.1, 0.15) is 9.88 Å². The zero-order chi connectivity index (χ0) is 21.0. The Labute approximate surface area is 176 Å². The van der Waals surface area contributed by atoms with Crippen molar-refractivity contribution in [1.82, 2.24) is 15.2 Å². The summed E-state index contributed by atoms with van der Waals surface area (Å²) in [5.41, 5.74) is 1.47. The molecule has 8 heteroatoms. The maximum absolute atomic E-state index is 12.7. The minimum Gasteiger partial charge on any atom is -0.493 e. The van der Waals surface area contributed by atoms with Gasteiger partial charge in [-0.3, -0.25) is 4.79 Å². The summed E-state index contributed by atoms with van der Waals surface area (Å²) in [6.45, 7) is 3.66. The van der Waals surface area contributed by atoms with Gasteiger partial charge in [0, 0.05) is 12.6 Å². The number of aryl methyl sites for hydroxylation is 1. The van der Waals surface area contributed by atoms with E-state index >= 15 is 0 Å². The molecule has 7 nitrogen and oxygen atoms in total. The minimum absolute atomic E-state index is 0.0775. The third kappa shape index (κ3) is 4.48. The Hall–Kier alpha value is -2.32. The van der Waals surface area contributed by atoms with E-state index < -0.39 is 0 Å². The average molecular weight is 420 g/mol. The van der Waals surface area contributed by atoms with Crippen molar-refractivity contribution in [3.05, 3.63) is 22.7 Å². The molecule has 0 aliphatic carbocycles. The van der Waals surface area contributed by atoms with Crippen LogP contribution in [0.15, 0.2) is 12.1 Å². The molecule has 158 valence electrons. The van der Waals surface area contributed by atoms with E-state index in [1.807, 2.05) is 19.1 Å². The number of aromatic nitrogens is 1. The van der Waals surface area contributed by atoms with Crippen molar-refractivity contribution in [2.75, 3.05) is 41.5 Å². The normalized spacial score (nSPS) is 16.7. The molecule has 3 rings (SSSR count). The van der Waals surface area contributed by atoms with Crippen molar-refractivity contribution in [3.63, 3.8) is 0 Å². The number of methoxy groups -OCH3 is 3. The molecular weight excluding hydrogens is 390 g/mol. The fraction of sp³-hybridized carbons (Fsp3) is 0.524. The summed E-state index contributed by atoms with van der Waals surface area (Å²) in [7, 11) is 6.87. The van der Waals surface area contributed by atoms with Crippen molar-refractivity contribution in [2.45, 2.75) is 32.2 Å². The molecule has 1 fully saturated rings. The van der Waals surface area contributed by atoms with E-state index in [4.69, 9.17) is 14.2 Å². The number of thiazole rings is 1. The van der Waals surface area contributed by atoms with E-state index in [-0.39, 0.29) is 5.91 Å². The van der Waals surface area contributed by atoms with Crippen molar-refractivity contribution in [2.24, 2.45) is 0 Å². The second-order valence-electron chi connectivity index (χ2n) is 7.14. The lowest BCUT2D eigenvalue weighted by atomic mass is 10.1. The zero-order valence-electron chi connectivity index (χ0n) is 17.7. The maximum Gasteiger partial charge on any atom is 0.263 e. The quantitative estimate of drug-likeness (QED) is 0.707. The Balaban J connectivity index is 1.77. The Morgan fingerprint density at radius 2 is 2.00 bits per heavy atom. The SMILES string of the molecule is COc1ccc(-c2nc(C)c(C(=O)NCCC3CCCN3C)s2)c(OC)c1OC. The van der Waals surface area contributed by atoms with E-state index in [1.54, 1.807) is 21.3 Å². The molecular formula is C21H29N3O4S. The summed E-state index contributed by atoms with van der Waals surface area (Å²) >= 11 is 1.36. The van der Waals surface area contributed by atoms with Crippen LogP contribution in [0.2, 0.25) is 0 Å². The Morgan fingerprint density at radius 3 is 2.62 bits per heavy atom. The van der Waals surface area contributed by atoms with Crippen molar-refractivity contribution >= 4 is 17.2 Å². The van der Waals surface area contributed by atoms with Crippen LogP contribution in [0.25, 0.3) is 10.6 Å². The number of carbonyl (C=O) groups is 1. The lowest BCUT2D eigenvalue weighted by Crippen LogP contribution is -2.31. The van der Waals surface area contributed by atoms with E-state index in [0.29, 0.717) is 45.4 Å². The molecule has 0 saturated carbocycles. The Kier molecular flexibility index (Phi) is 6.97. The standard InChI is InChI=1S/C21H29N3O4S/c1-13-19(20(25)22-11-10-14-7-6-12-24(14)2)29-21(23-13)15-8-9-16(26-3)18(28-5)17(15)27-4/h8-9,14H,6-7,10-12H2,1-5H3,(H,22,25). The number of carbonyl (C=O) groups excluding carboxylic acids is 1. The van der Waals surface area contributed by atoms with Crippen LogP contribution in [-0.4, -0.2) is 63.3 Å². The maximum atomic E-state index is 12.7. The number of benzene rings is 1. The molecule has 1 aliphatic heterocycles. The first-order valence-electron chi connectivity index (χ1n) is 9.75. The number of rotatable bonds is 8. The number of nitrogens with one attached hydrogen (secondary N) is 1. The van der Waals surface area contributed by atoms with Crippen LogP contribution in [0.1, 0.15) is 34.6 Å². The fourth-order valence-corrected chi connectivity index (χ4v) is 4.77. The van der Waals surface area contributed by atoms with Crippen molar-refractivity contribution < 1.29 is 19.0 Å². The number of hydrogen-bond acceptors (Lipinski definition) is 7. The minimum atomic E-state index is -0.0775. The lowest BCUT2D eigenvalue weighted by molar-refractivity contribution is 0.0953. The van der Waals surface area contributed by atoms with Gasteiger partial charge in [0.15, 0.2) is 11.5 Å². The molecule has 1 saturated heterocycles. The molecule has 2 aromatic rings. The number of likely N-dealkylation sites (tertiary alicyclic amines) is 1. The van der Waals surface area contributed by atoms with Crippen LogP contribution in [0.3, 0.4) is 0 Å². The van der Waals surface area contributed by atoms with E-state index in [0.717, 1.165) is 18.5 Å². The monoisotopic (exact) mass is 419 g/mol. The highest BCUT2D eigenvalue weighted by Crippen LogP contribution is 2.45. The number of hydrogen-bond donors (Lipinski definition) is 1. The van der Waals surface area contributed by atoms with E-state index in [1.165, 1.54) is 24.2 Å². The van der Waals surface area contributed by atoms with Gasteiger partial charge in [-0.05, 0) is 51.9 Å². The van der Waals surface area contributed by atoms with Gasteiger partial charge < -0.3 is 24.4 Å². The third-order valence-corrected chi connectivity index (χ3v) is 6.56. The van der Waals surface area contributed by atoms with Crippen molar-refractivity contribution in [3.8, 4) is 27.8 Å². The molecule has 1 aromatic heterocycles. The second kappa shape index (κ2) is 9.45. The molecule has 1 aliphatic rings. The molecule has 1 N–H and O–H groups in total. The fourth-order valence-electron chi connectivity index (χ4n) is 3.77. The summed E-state index contributed by atoms with van der Waals surface area (Å²) in [5.74, 6) is 1.55. The van der Waals surface area contributed by atoms with Gasteiger partial charge in [0.05, 0.1) is 32.6 Å². The highest BCUT2D eigenvalue weighted by atomic mass is 32.1. The molecule has 0 bridgehead atoms. The van der Waals surface area contributed by atoms with Crippen LogP contribution in [-0.2, 0) is 0 Å². The largest absolute Gasteiger partial charge is 0.493 e. The van der Waals surface area contributed by atoms with Crippen LogP contribution < -0.4 is 19.5 Å². The summed E-state index contributed by atoms with van der Waals surface area (Å²) in [4.78, 5) is 20.3. The van der Waals surface area contributed by atoms with Gasteiger partial charge in [-0.1, -0.05) is 0 Å². The smallest absolute Gasteiger partial charge is 0.263 e. The molecule has 1 unspecified atom stereocenters. The van der Waals surface area contributed by atoms with Crippen molar-refractivity contribution in [1.29, 1.82) is 0 Å². The Bertz CT molecular complexity index is 868. The number of nitrogens with zero attached hydrogens (tertiary/aromatic N) is 2. The number of ether oxygens (including phenoxy) is 3. The second-order valence-corrected chi connectivity index (χ2v) is 8.14. The molecule has 1 aromatic carbocycles. The molecule has 1 atom stereocenters. The summed E-state index contributed by atoms with van der Waals surface area (Å²) in [5, 5.41) is 3.76. The first-order chi connectivity index (χ1) is 14.0. The van der Waals surface area contributed by atoms with Gasteiger partial charge in [0.2, 0.25) is 5.75 Å². The summed E-state index contributed by atoms with van der Waals surface area (Å²) in [6.07, 6.45) is 3.41. The highest BCUT2D eigenvalue weighted by Gasteiger charge is 2.23. The first kappa shape index (κ1) is 21.4. The van der Waals surface area contributed by atoms with Gasteiger partial charge in [-0.25, -0.2) is 4.98 Å². The summed E-state index contributed by atoms with van der Waals surface area (Å²) in [6, 6.07) is 4.24. The van der Waals surface area contributed by atoms with E-state index in [9.17, 15) is 4.79 Å². The molecule has 1 amide bonds. The van der Waals surface area contributed by atoms with Gasteiger partial charge in [-0.15, -0.1) is 11.3 Å². The topological polar surface area (TPSA) is 72.9 Å². The van der Waals surface area contributed by atoms with Crippen LogP contribution in [0.4, 0.5) is 0 Å². The predicted molar refractivity (Wildman–Crippen MR) is 115 cm³/mol. The first-order valence-corrected chi connectivity index (χ1v) is 10.6. The zero-order valence-corrected chi connectivity index (χ0v) is 18.5. The molecule has 0 radical (unpaired) electrons. The van der Waals surface area contributed by atoms with Gasteiger partial charge in [-0.2, -0.15) is 0 Å². The Morgan fingerprint density at radius 1 is 1.24 bits per heavy atom. The molecule has 2 heterocycles. The molecule has 29 heavy (non-hydrogen) atoms. The van der Waals surface area contributed by atoms with Crippen LogP contribution in [0.5, 0.6) is 17.2 Å². The predicted octanol–water partition coefficient (Wildman–Crippen LogP) is 3.36. The number of amides is 1. The van der Waals surface area contributed by atoms with Gasteiger partial charge >= 0.3 is 0 Å². The highest BCUT2D eigenvalue weighted by molar-refractivity contribution is 7.17. The lowest BCUT2D eigenvalue weighted by Gasteiger charge is -2.19.